The molecule has 0 bridgehead atoms. The second-order valence-electron chi connectivity index (χ2n) is 4.91. The first-order valence-corrected chi connectivity index (χ1v) is 5.79. The number of hydrogen-bond acceptors (Lipinski definition) is 1. The van der Waals surface area contributed by atoms with E-state index in [1.54, 1.807) is 0 Å². The van der Waals surface area contributed by atoms with Crippen molar-refractivity contribution in [3.63, 3.8) is 0 Å². The van der Waals surface area contributed by atoms with E-state index in [1.807, 2.05) is 6.08 Å². The van der Waals surface area contributed by atoms with Gasteiger partial charge in [-0.2, -0.15) is 0 Å². The van der Waals surface area contributed by atoms with Crippen LogP contribution in [0.25, 0.3) is 0 Å². The summed E-state index contributed by atoms with van der Waals surface area (Å²) in [6.07, 6.45) is 10.8. The lowest BCUT2D eigenvalue weighted by Gasteiger charge is -2.32. The summed E-state index contributed by atoms with van der Waals surface area (Å²) in [4.78, 5) is 11.4. The van der Waals surface area contributed by atoms with Gasteiger partial charge >= 0.3 is 0 Å². The smallest absolute Gasteiger partial charge is 0.133 e. The fourth-order valence-electron chi connectivity index (χ4n) is 2.42. The Morgan fingerprint density at radius 3 is 2.93 bits per heavy atom. The molecule has 1 heteroatoms. The number of carbonyl (C=O) groups is 1. The average molecular weight is 194 g/mol. The molecule has 1 saturated carbocycles. The van der Waals surface area contributed by atoms with Gasteiger partial charge in [0.2, 0.25) is 0 Å². The highest BCUT2D eigenvalue weighted by Gasteiger charge is 2.30. The zero-order chi connectivity index (χ0) is 10.4. The molecule has 1 rings (SSSR count). The van der Waals surface area contributed by atoms with Crippen molar-refractivity contribution in [3.8, 4) is 0 Å². The van der Waals surface area contributed by atoms with Gasteiger partial charge in [-0.05, 0) is 37.5 Å². The van der Waals surface area contributed by atoms with E-state index in [2.05, 4.69) is 13.5 Å². The molecule has 0 aromatic carbocycles. The first-order chi connectivity index (χ1) is 6.66. The molecule has 0 aliphatic heterocycles. The number of Topliss-reactive ketones (excluding diaryl/α,β-unsaturated/α-hetero) is 1. The van der Waals surface area contributed by atoms with Gasteiger partial charge in [0.1, 0.15) is 5.78 Å². The predicted octanol–water partition coefficient (Wildman–Crippen LogP) is 3.88. The Balaban J connectivity index is 2.26. The number of ketones is 1. The number of carbonyl (C=O) groups excluding carboxylic acids is 1. The summed E-state index contributed by atoms with van der Waals surface area (Å²) in [5, 5.41) is 0. The Morgan fingerprint density at radius 2 is 2.29 bits per heavy atom. The van der Waals surface area contributed by atoms with Crippen molar-refractivity contribution < 1.29 is 4.79 Å². The number of allylic oxidation sites excluding steroid dienone is 1. The Morgan fingerprint density at radius 1 is 1.50 bits per heavy atom. The standard InChI is InChI=1S/C13H22O/c1-3-4-5-6-9-13(2)10-7-8-12(14)11-13/h3H,1,4-11H2,2H3/t13-/m0/s1. The lowest BCUT2D eigenvalue weighted by atomic mass is 9.72. The van der Waals surface area contributed by atoms with Gasteiger partial charge in [0.15, 0.2) is 0 Å². The van der Waals surface area contributed by atoms with Crippen LogP contribution in [-0.4, -0.2) is 5.78 Å². The van der Waals surface area contributed by atoms with Crippen LogP contribution in [-0.2, 0) is 4.79 Å². The largest absolute Gasteiger partial charge is 0.300 e. The quantitative estimate of drug-likeness (QED) is 0.479. The molecule has 80 valence electrons. The number of unbranched alkanes of at least 4 members (excludes halogenated alkanes) is 2. The zero-order valence-electron chi connectivity index (χ0n) is 9.35. The van der Waals surface area contributed by atoms with Gasteiger partial charge in [0, 0.05) is 12.8 Å². The lowest BCUT2D eigenvalue weighted by molar-refractivity contribution is -0.123. The van der Waals surface area contributed by atoms with Crippen molar-refractivity contribution in [2.75, 3.05) is 0 Å². The normalized spacial score (nSPS) is 27.6. The van der Waals surface area contributed by atoms with E-state index >= 15 is 0 Å². The Labute approximate surface area is 87.6 Å². The minimum atomic E-state index is 0.316. The maximum atomic E-state index is 11.4. The molecule has 0 saturated heterocycles. The second-order valence-corrected chi connectivity index (χ2v) is 4.91. The molecule has 1 nitrogen and oxygen atoms in total. The van der Waals surface area contributed by atoms with E-state index < -0.39 is 0 Å². The van der Waals surface area contributed by atoms with E-state index in [9.17, 15) is 4.79 Å². The molecule has 0 amide bonds. The summed E-state index contributed by atoms with van der Waals surface area (Å²) in [6.45, 7) is 6.00. The minimum absolute atomic E-state index is 0.316. The maximum absolute atomic E-state index is 11.4. The van der Waals surface area contributed by atoms with Crippen LogP contribution in [0.1, 0.15) is 58.3 Å². The van der Waals surface area contributed by atoms with Gasteiger partial charge in [0.05, 0.1) is 0 Å². The predicted molar refractivity (Wildman–Crippen MR) is 60.2 cm³/mol. The molecule has 0 unspecified atom stereocenters. The molecule has 0 heterocycles. The fourth-order valence-corrected chi connectivity index (χ4v) is 2.42. The van der Waals surface area contributed by atoms with Crippen molar-refractivity contribution in [2.24, 2.45) is 5.41 Å². The molecule has 1 fully saturated rings. The van der Waals surface area contributed by atoms with Crippen LogP contribution in [0.2, 0.25) is 0 Å². The highest BCUT2D eigenvalue weighted by molar-refractivity contribution is 5.79. The van der Waals surface area contributed by atoms with Crippen molar-refractivity contribution >= 4 is 5.78 Å². The fraction of sp³-hybridized carbons (Fsp3) is 0.769. The van der Waals surface area contributed by atoms with Crippen LogP contribution in [0, 0.1) is 5.41 Å². The Bertz CT molecular complexity index is 207. The highest BCUT2D eigenvalue weighted by atomic mass is 16.1. The third-order valence-electron chi connectivity index (χ3n) is 3.30. The molecular formula is C13H22O. The van der Waals surface area contributed by atoms with E-state index in [0.717, 1.165) is 25.7 Å². The van der Waals surface area contributed by atoms with E-state index in [0.29, 0.717) is 11.2 Å². The molecule has 0 aromatic rings. The van der Waals surface area contributed by atoms with Crippen LogP contribution in [0.4, 0.5) is 0 Å². The SMILES string of the molecule is C=CCCCC[C@@]1(C)CCCC(=O)C1. The molecule has 0 aromatic heterocycles. The molecule has 1 aliphatic rings. The third-order valence-corrected chi connectivity index (χ3v) is 3.30. The van der Waals surface area contributed by atoms with Crippen LogP contribution in [0.3, 0.4) is 0 Å². The van der Waals surface area contributed by atoms with Crippen LogP contribution in [0.15, 0.2) is 12.7 Å². The molecule has 0 N–H and O–H groups in total. The van der Waals surface area contributed by atoms with Crippen molar-refractivity contribution in [1.29, 1.82) is 0 Å². The zero-order valence-corrected chi connectivity index (χ0v) is 9.35. The lowest BCUT2D eigenvalue weighted by Crippen LogP contribution is -2.25. The topological polar surface area (TPSA) is 17.1 Å². The van der Waals surface area contributed by atoms with E-state index in [1.165, 1.54) is 25.7 Å². The van der Waals surface area contributed by atoms with Crippen molar-refractivity contribution in [2.45, 2.75) is 58.3 Å². The first kappa shape index (κ1) is 11.5. The Hall–Kier alpha value is -0.590. The van der Waals surface area contributed by atoms with Gasteiger partial charge in [-0.25, -0.2) is 0 Å². The van der Waals surface area contributed by atoms with E-state index in [4.69, 9.17) is 0 Å². The van der Waals surface area contributed by atoms with Gasteiger partial charge in [0.25, 0.3) is 0 Å². The third kappa shape index (κ3) is 3.65. The van der Waals surface area contributed by atoms with Crippen LogP contribution >= 0.6 is 0 Å². The summed E-state index contributed by atoms with van der Waals surface area (Å²) in [6, 6.07) is 0. The monoisotopic (exact) mass is 194 g/mol. The average Bonchev–Trinajstić information content (AvgIpc) is 2.12. The summed E-state index contributed by atoms with van der Waals surface area (Å²) in [5.74, 6) is 0.475. The van der Waals surface area contributed by atoms with Crippen LogP contribution in [0.5, 0.6) is 0 Å². The summed E-state index contributed by atoms with van der Waals surface area (Å²) in [5.41, 5.74) is 0.316. The van der Waals surface area contributed by atoms with Crippen molar-refractivity contribution in [3.05, 3.63) is 12.7 Å². The van der Waals surface area contributed by atoms with E-state index in [-0.39, 0.29) is 0 Å². The summed E-state index contributed by atoms with van der Waals surface area (Å²) in [7, 11) is 0. The molecule has 14 heavy (non-hydrogen) atoms. The Kier molecular flexibility index (Phi) is 4.37. The van der Waals surface area contributed by atoms with Gasteiger partial charge in [-0.1, -0.05) is 19.4 Å². The number of rotatable bonds is 5. The molecule has 1 atom stereocenters. The van der Waals surface area contributed by atoms with Gasteiger partial charge < -0.3 is 0 Å². The number of hydrogen-bond donors (Lipinski definition) is 0. The first-order valence-electron chi connectivity index (χ1n) is 5.79. The minimum Gasteiger partial charge on any atom is -0.300 e. The van der Waals surface area contributed by atoms with Gasteiger partial charge in [-0.3, -0.25) is 4.79 Å². The second kappa shape index (κ2) is 5.33. The van der Waals surface area contributed by atoms with Gasteiger partial charge in [-0.15, -0.1) is 6.58 Å². The molecule has 1 aliphatic carbocycles. The van der Waals surface area contributed by atoms with Crippen LogP contribution < -0.4 is 0 Å². The summed E-state index contributed by atoms with van der Waals surface area (Å²) >= 11 is 0. The molecule has 0 radical (unpaired) electrons. The molecule has 0 spiro atoms. The highest BCUT2D eigenvalue weighted by Crippen LogP contribution is 2.38. The summed E-state index contributed by atoms with van der Waals surface area (Å²) < 4.78 is 0. The van der Waals surface area contributed by atoms with Crippen molar-refractivity contribution in [1.82, 2.24) is 0 Å². The molecular weight excluding hydrogens is 172 g/mol. The maximum Gasteiger partial charge on any atom is 0.133 e.